The van der Waals surface area contributed by atoms with Crippen molar-refractivity contribution in [3.63, 3.8) is 0 Å². The molecule has 1 fully saturated rings. The van der Waals surface area contributed by atoms with Crippen LogP contribution in [0.25, 0.3) is 5.65 Å². The van der Waals surface area contributed by atoms with Gasteiger partial charge in [0.1, 0.15) is 5.65 Å². The molecule has 5 nitrogen and oxygen atoms in total. The summed E-state index contributed by atoms with van der Waals surface area (Å²) in [4.78, 5) is 19.0. The third kappa shape index (κ3) is 2.71. The van der Waals surface area contributed by atoms with Crippen molar-refractivity contribution in [1.29, 1.82) is 0 Å². The van der Waals surface area contributed by atoms with Crippen LogP contribution in [0.3, 0.4) is 0 Å². The van der Waals surface area contributed by atoms with E-state index in [1.165, 1.54) is 0 Å². The number of likely N-dealkylation sites (tertiary alicyclic amines) is 1. The first-order chi connectivity index (χ1) is 10.1. The van der Waals surface area contributed by atoms with E-state index in [4.69, 9.17) is 0 Å². The van der Waals surface area contributed by atoms with Crippen LogP contribution < -0.4 is 5.56 Å². The van der Waals surface area contributed by atoms with Crippen molar-refractivity contribution in [3.05, 3.63) is 46.0 Å². The maximum absolute atomic E-state index is 12.2. The summed E-state index contributed by atoms with van der Waals surface area (Å²) in [5, 5.41) is 9.52. The van der Waals surface area contributed by atoms with Gasteiger partial charge in [0, 0.05) is 24.8 Å². The molecule has 0 saturated carbocycles. The number of aryl methyl sites for hydroxylation is 1. The molecule has 2 aromatic rings. The molecule has 1 saturated heterocycles. The molecule has 0 amide bonds. The van der Waals surface area contributed by atoms with Crippen LogP contribution in [0, 0.1) is 12.8 Å². The summed E-state index contributed by atoms with van der Waals surface area (Å²) in [7, 11) is 0. The van der Waals surface area contributed by atoms with Gasteiger partial charge in [-0.05, 0) is 43.5 Å². The Morgan fingerprint density at radius 1 is 1.43 bits per heavy atom. The van der Waals surface area contributed by atoms with Crippen molar-refractivity contribution in [3.8, 4) is 0 Å². The van der Waals surface area contributed by atoms with Crippen LogP contribution in [0.5, 0.6) is 0 Å². The number of pyridine rings is 1. The van der Waals surface area contributed by atoms with Crippen molar-refractivity contribution in [2.24, 2.45) is 5.92 Å². The number of rotatable bonds is 3. The Morgan fingerprint density at radius 2 is 2.24 bits per heavy atom. The lowest BCUT2D eigenvalue weighted by molar-refractivity contribution is 0.133. The number of hydrogen-bond acceptors (Lipinski definition) is 4. The van der Waals surface area contributed by atoms with Crippen LogP contribution in [0.1, 0.15) is 24.6 Å². The minimum atomic E-state index is -0.0530. The average Bonchev–Trinajstić information content (AvgIpc) is 2.78. The normalized spacial score (nSPS) is 23.0. The Hall–Kier alpha value is -1.72. The zero-order valence-electron chi connectivity index (χ0n) is 12.5. The largest absolute Gasteiger partial charge is 0.395 e. The molecule has 1 aliphatic rings. The van der Waals surface area contributed by atoms with E-state index in [9.17, 15) is 9.90 Å². The molecule has 112 valence electrons. The monoisotopic (exact) mass is 287 g/mol. The molecular weight excluding hydrogens is 266 g/mol. The third-order valence-corrected chi connectivity index (χ3v) is 4.43. The first-order valence-electron chi connectivity index (χ1n) is 7.42. The summed E-state index contributed by atoms with van der Waals surface area (Å²) in [5.41, 5.74) is 2.49. The molecule has 0 radical (unpaired) electrons. The molecule has 0 aromatic carbocycles. The van der Waals surface area contributed by atoms with Crippen LogP contribution in [-0.4, -0.2) is 38.6 Å². The molecule has 2 unspecified atom stereocenters. The van der Waals surface area contributed by atoms with Crippen LogP contribution in [0.2, 0.25) is 0 Å². The molecule has 5 heteroatoms. The van der Waals surface area contributed by atoms with Crippen LogP contribution in [0.4, 0.5) is 0 Å². The smallest absolute Gasteiger partial charge is 0.258 e. The van der Waals surface area contributed by atoms with Gasteiger partial charge in [0.2, 0.25) is 0 Å². The molecular formula is C16H21N3O2. The van der Waals surface area contributed by atoms with Gasteiger partial charge in [0.05, 0.1) is 12.3 Å². The summed E-state index contributed by atoms with van der Waals surface area (Å²) < 4.78 is 1.56. The van der Waals surface area contributed by atoms with Gasteiger partial charge in [-0.3, -0.25) is 14.1 Å². The quantitative estimate of drug-likeness (QED) is 0.922. The van der Waals surface area contributed by atoms with Crippen LogP contribution >= 0.6 is 0 Å². The predicted octanol–water partition coefficient (Wildman–Crippen LogP) is 1.21. The number of aliphatic hydroxyl groups is 1. The second kappa shape index (κ2) is 5.58. The van der Waals surface area contributed by atoms with Crippen LogP contribution in [-0.2, 0) is 6.54 Å². The third-order valence-electron chi connectivity index (χ3n) is 4.43. The van der Waals surface area contributed by atoms with E-state index >= 15 is 0 Å². The van der Waals surface area contributed by atoms with Crippen molar-refractivity contribution in [1.82, 2.24) is 14.3 Å². The summed E-state index contributed by atoms with van der Waals surface area (Å²) in [6, 6.07) is 5.59. The zero-order chi connectivity index (χ0) is 15.0. The van der Waals surface area contributed by atoms with E-state index < -0.39 is 0 Å². The highest BCUT2D eigenvalue weighted by molar-refractivity contribution is 5.41. The second-order valence-electron chi connectivity index (χ2n) is 6.00. The molecule has 0 bridgehead atoms. The van der Waals surface area contributed by atoms with Crippen molar-refractivity contribution in [2.75, 3.05) is 13.2 Å². The molecule has 1 N–H and O–H groups in total. The zero-order valence-corrected chi connectivity index (χ0v) is 12.5. The van der Waals surface area contributed by atoms with Gasteiger partial charge >= 0.3 is 0 Å². The SMILES string of the molecule is Cc1ccn2c(=O)cc(CN3CCC(C)C3CO)nc2c1. The number of nitrogens with zero attached hydrogens (tertiary/aromatic N) is 3. The Balaban J connectivity index is 1.92. The first-order valence-corrected chi connectivity index (χ1v) is 7.42. The van der Waals surface area contributed by atoms with Gasteiger partial charge in [0.25, 0.3) is 5.56 Å². The van der Waals surface area contributed by atoms with Gasteiger partial charge in [0.15, 0.2) is 0 Å². The minimum absolute atomic E-state index is 0.0530. The minimum Gasteiger partial charge on any atom is -0.395 e. The highest BCUT2D eigenvalue weighted by Gasteiger charge is 2.30. The molecule has 3 rings (SSSR count). The number of hydrogen-bond donors (Lipinski definition) is 1. The van der Waals surface area contributed by atoms with Crippen molar-refractivity contribution >= 4 is 5.65 Å². The van der Waals surface area contributed by atoms with E-state index in [1.54, 1.807) is 16.7 Å². The Morgan fingerprint density at radius 3 is 3.00 bits per heavy atom. The summed E-state index contributed by atoms with van der Waals surface area (Å²) >= 11 is 0. The van der Waals surface area contributed by atoms with E-state index in [2.05, 4.69) is 16.8 Å². The van der Waals surface area contributed by atoms with Crippen molar-refractivity contribution < 1.29 is 5.11 Å². The molecule has 1 aliphatic heterocycles. The highest BCUT2D eigenvalue weighted by Crippen LogP contribution is 2.24. The van der Waals surface area contributed by atoms with Gasteiger partial charge in [-0.1, -0.05) is 6.92 Å². The summed E-state index contributed by atoms with van der Waals surface area (Å²) in [6.07, 6.45) is 2.84. The van der Waals surface area contributed by atoms with E-state index in [1.807, 2.05) is 19.1 Å². The number of aromatic nitrogens is 2. The topological polar surface area (TPSA) is 57.8 Å². The van der Waals surface area contributed by atoms with Gasteiger partial charge in [-0.25, -0.2) is 4.98 Å². The molecule has 21 heavy (non-hydrogen) atoms. The standard InChI is InChI=1S/C16H21N3O2/c1-11-3-6-19-15(7-11)17-13(8-16(19)21)9-18-5-4-12(2)14(18)10-20/h3,6-8,12,14,20H,4-5,9-10H2,1-2H3. The molecule has 0 spiro atoms. The summed E-state index contributed by atoms with van der Waals surface area (Å²) in [6.45, 7) is 5.87. The maximum Gasteiger partial charge on any atom is 0.258 e. The fourth-order valence-electron chi connectivity index (χ4n) is 3.12. The fourth-order valence-corrected chi connectivity index (χ4v) is 3.12. The molecule has 2 atom stereocenters. The number of fused-ring (bicyclic) bond motifs is 1. The van der Waals surface area contributed by atoms with Gasteiger partial charge in [-0.2, -0.15) is 0 Å². The fraction of sp³-hybridized carbons (Fsp3) is 0.500. The Labute approximate surface area is 123 Å². The summed E-state index contributed by atoms with van der Waals surface area (Å²) in [5.74, 6) is 0.485. The average molecular weight is 287 g/mol. The van der Waals surface area contributed by atoms with E-state index in [0.29, 0.717) is 18.1 Å². The number of aliphatic hydroxyl groups excluding tert-OH is 1. The van der Waals surface area contributed by atoms with Crippen molar-refractivity contribution in [2.45, 2.75) is 32.9 Å². The van der Waals surface area contributed by atoms with Gasteiger partial charge in [-0.15, -0.1) is 0 Å². The highest BCUT2D eigenvalue weighted by atomic mass is 16.3. The Bertz CT molecular complexity index is 710. The van der Waals surface area contributed by atoms with E-state index in [-0.39, 0.29) is 18.2 Å². The predicted molar refractivity (Wildman–Crippen MR) is 81.3 cm³/mol. The maximum atomic E-state index is 12.2. The lowest BCUT2D eigenvalue weighted by Crippen LogP contribution is -2.35. The lowest BCUT2D eigenvalue weighted by Gasteiger charge is -2.24. The molecule has 0 aliphatic carbocycles. The van der Waals surface area contributed by atoms with Crippen LogP contribution in [0.15, 0.2) is 29.2 Å². The lowest BCUT2D eigenvalue weighted by atomic mass is 10.0. The first kappa shape index (κ1) is 14.2. The molecule has 3 heterocycles. The Kier molecular flexibility index (Phi) is 3.78. The van der Waals surface area contributed by atoms with Gasteiger partial charge < -0.3 is 5.11 Å². The molecule has 2 aromatic heterocycles. The van der Waals surface area contributed by atoms with E-state index in [0.717, 1.165) is 24.2 Å². The second-order valence-corrected chi connectivity index (χ2v) is 6.00.